The molecule has 0 aromatic heterocycles. The number of halogens is 6. The van der Waals surface area contributed by atoms with Gasteiger partial charge in [-0.1, -0.05) is 18.2 Å². The van der Waals surface area contributed by atoms with E-state index in [1.165, 1.54) is 5.56 Å². The number of hydrogen-bond acceptors (Lipinski definition) is 5. The summed E-state index contributed by atoms with van der Waals surface area (Å²) in [4.78, 5) is 20.2. The van der Waals surface area contributed by atoms with Crippen LogP contribution < -0.4 is 10.1 Å². The van der Waals surface area contributed by atoms with Gasteiger partial charge in [0.15, 0.2) is 0 Å². The number of aliphatic carboxylic acids is 2. The number of nitrogens with one attached hydrogen (secondary N) is 1. The van der Waals surface area contributed by atoms with E-state index in [-0.39, 0.29) is 5.48 Å². The molecule has 5 N–H and O–H groups in total. The molecule has 14 heteroatoms. The monoisotopic (exact) mass is 452 g/mol. The number of methoxy groups -OCH3 is 1. The fraction of sp³-hybridized carbons (Fsp3) is 0.500. The molecule has 174 valence electrons. The Labute approximate surface area is 167 Å². The molecule has 0 radical (unpaired) electrons. The number of nitrogens with zero attached hydrogens (tertiary/aromatic N) is 1. The normalized spacial score (nSPS) is 14.1. The van der Waals surface area contributed by atoms with Crippen LogP contribution in [0.3, 0.4) is 0 Å². The number of para-hydroxylation sites is 1. The van der Waals surface area contributed by atoms with Crippen LogP contribution in [0.5, 0.6) is 5.75 Å². The first kappa shape index (κ1) is 29.6. The van der Waals surface area contributed by atoms with Crippen molar-refractivity contribution in [2.45, 2.75) is 18.9 Å². The van der Waals surface area contributed by atoms with Gasteiger partial charge in [-0.3, -0.25) is 4.90 Å². The second-order valence-corrected chi connectivity index (χ2v) is 5.44. The first-order chi connectivity index (χ1) is 13.3. The molecule has 1 fully saturated rings. The maximum Gasteiger partial charge on any atom is 0.490 e. The Morgan fingerprint density at radius 2 is 1.40 bits per heavy atom. The van der Waals surface area contributed by atoms with Gasteiger partial charge in [0.05, 0.1) is 7.11 Å². The van der Waals surface area contributed by atoms with E-state index >= 15 is 0 Å². The molecule has 1 heterocycles. The predicted molar refractivity (Wildman–Crippen MR) is 92.1 cm³/mol. The smallest absolute Gasteiger partial charge is 0.490 e. The van der Waals surface area contributed by atoms with Crippen molar-refractivity contribution < 1.29 is 56.4 Å². The molecule has 30 heavy (non-hydrogen) atoms. The first-order valence-corrected chi connectivity index (χ1v) is 7.94. The minimum Gasteiger partial charge on any atom is -0.496 e. The molecule has 0 amide bonds. The van der Waals surface area contributed by atoms with Crippen molar-refractivity contribution in [3.63, 3.8) is 0 Å². The molecular weight excluding hydrogens is 430 g/mol. The highest BCUT2D eigenvalue weighted by Gasteiger charge is 2.38. The molecule has 1 aromatic carbocycles. The molecule has 2 rings (SSSR count). The third-order valence-electron chi connectivity index (χ3n) is 3.28. The third-order valence-corrected chi connectivity index (χ3v) is 3.28. The van der Waals surface area contributed by atoms with E-state index in [9.17, 15) is 26.3 Å². The van der Waals surface area contributed by atoms with Crippen molar-refractivity contribution in [1.29, 1.82) is 0 Å². The predicted octanol–water partition coefficient (Wildman–Crippen LogP) is 1.54. The van der Waals surface area contributed by atoms with Gasteiger partial charge < -0.3 is 25.7 Å². The molecule has 0 bridgehead atoms. The topological polar surface area (TPSA) is 131 Å². The van der Waals surface area contributed by atoms with Gasteiger partial charge in [-0.05, 0) is 6.07 Å². The van der Waals surface area contributed by atoms with Crippen LogP contribution in [0.4, 0.5) is 26.3 Å². The zero-order valence-electron chi connectivity index (χ0n) is 15.7. The number of carboxylic acids is 2. The van der Waals surface area contributed by atoms with Crippen LogP contribution in [-0.4, -0.2) is 78.2 Å². The summed E-state index contributed by atoms with van der Waals surface area (Å²) in [6.45, 7) is 5.42. The Balaban J connectivity index is 0. The summed E-state index contributed by atoms with van der Waals surface area (Å²) in [5.41, 5.74) is 1.28. The molecule has 1 aliphatic heterocycles. The summed E-state index contributed by atoms with van der Waals surface area (Å²) in [6, 6.07) is 8.25. The van der Waals surface area contributed by atoms with Crippen LogP contribution in [0.15, 0.2) is 24.3 Å². The molecule has 0 unspecified atom stereocenters. The number of rotatable bonds is 3. The van der Waals surface area contributed by atoms with Gasteiger partial charge in [0.2, 0.25) is 0 Å². The van der Waals surface area contributed by atoms with E-state index in [2.05, 4.69) is 22.3 Å². The van der Waals surface area contributed by atoms with E-state index in [4.69, 9.17) is 24.5 Å². The Kier molecular flexibility index (Phi) is 13.4. The molecule has 1 aromatic rings. The summed E-state index contributed by atoms with van der Waals surface area (Å²) in [7, 11) is 1.73. The van der Waals surface area contributed by atoms with Crippen molar-refractivity contribution in [2.75, 3.05) is 33.3 Å². The number of alkyl halides is 6. The lowest BCUT2D eigenvalue weighted by molar-refractivity contribution is -0.193. The van der Waals surface area contributed by atoms with E-state index in [0.29, 0.717) is 0 Å². The van der Waals surface area contributed by atoms with Crippen LogP contribution in [0.2, 0.25) is 0 Å². The quantitative estimate of drug-likeness (QED) is 0.593. The summed E-state index contributed by atoms with van der Waals surface area (Å²) in [5.74, 6) is -4.52. The highest BCUT2D eigenvalue weighted by molar-refractivity contribution is 5.73. The fourth-order valence-corrected chi connectivity index (χ4v) is 1.94. The summed E-state index contributed by atoms with van der Waals surface area (Å²) in [5, 5.41) is 17.6. The molecule has 1 saturated heterocycles. The van der Waals surface area contributed by atoms with E-state index < -0.39 is 24.3 Å². The van der Waals surface area contributed by atoms with Gasteiger partial charge in [-0.2, -0.15) is 26.3 Å². The number of ether oxygens (including phenoxy) is 1. The number of carbonyl (C=O) groups is 2. The molecule has 0 saturated carbocycles. The summed E-state index contributed by atoms with van der Waals surface area (Å²) in [6.07, 6.45) is -10.2. The van der Waals surface area contributed by atoms with Gasteiger partial charge in [-0.15, -0.1) is 0 Å². The summed E-state index contributed by atoms with van der Waals surface area (Å²) >= 11 is 0. The third kappa shape index (κ3) is 12.8. The zero-order chi connectivity index (χ0) is 22.7. The second kappa shape index (κ2) is 13.6. The standard InChI is InChI=1S/C12H18N2O.2C2HF3O2.H2O/c1-15-12-5-3-2-4-11(12)10-14-8-6-13-7-9-14;2*3-2(4,5)1(6)7;/h2-5,13H,6-10H2,1H3;2*(H,6,7);1H2. The lowest BCUT2D eigenvalue weighted by Crippen LogP contribution is -2.42. The average molecular weight is 452 g/mol. The highest BCUT2D eigenvalue weighted by Crippen LogP contribution is 2.19. The Hall–Kier alpha value is -2.58. The van der Waals surface area contributed by atoms with Crippen LogP contribution in [0.25, 0.3) is 0 Å². The molecule has 0 atom stereocenters. The van der Waals surface area contributed by atoms with Crippen molar-refractivity contribution in [3.8, 4) is 5.75 Å². The second-order valence-electron chi connectivity index (χ2n) is 5.44. The lowest BCUT2D eigenvalue weighted by Gasteiger charge is -2.27. The number of carboxylic acid groups (broad SMARTS) is 2. The highest BCUT2D eigenvalue weighted by atomic mass is 19.4. The van der Waals surface area contributed by atoms with Gasteiger partial charge >= 0.3 is 24.3 Å². The van der Waals surface area contributed by atoms with E-state index in [0.717, 1.165) is 38.5 Å². The maximum atomic E-state index is 10.6. The van der Waals surface area contributed by atoms with Crippen molar-refractivity contribution in [2.24, 2.45) is 0 Å². The van der Waals surface area contributed by atoms with Gasteiger partial charge in [0.25, 0.3) is 0 Å². The van der Waals surface area contributed by atoms with Crippen molar-refractivity contribution in [3.05, 3.63) is 29.8 Å². The minimum atomic E-state index is -5.08. The van der Waals surface area contributed by atoms with Gasteiger partial charge in [0, 0.05) is 38.3 Å². The Morgan fingerprint density at radius 3 is 1.77 bits per heavy atom. The zero-order valence-corrected chi connectivity index (χ0v) is 15.7. The Bertz CT molecular complexity index is 624. The van der Waals surface area contributed by atoms with Gasteiger partial charge in [-0.25, -0.2) is 9.59 Å². The lowest BCUT2D eigenvalue weighted by atomic mass is 10.2. The average Bonchev–Trinajstić information content (AvgIpc) is 2.62. The number of hydrogen-bond donors (Lipinski definition) is 3. The molecule has 0 aliphatic carbocycles. The van der Waals surface area contributed by atoms with Crippen molar-refractivity contribution >= 4 is 11.9 Å². The van der Waals surface area contributed by atoms with Crippen LogP contribution in [0.1, 0.15) is 5.56 Å². The largest absolute Gasteiger partial charge is 0.496 e. The minimum absolute atomic E-state index is 0. The van der Waals surface area contributed by atoms with E-state index in [1.54, 1.807) is 7.11 Å². The Morgan fingerprint density at radius 1 is 1.00 bits per heavy atom. The maximum absolute atomic E-state index is 10.6. The van der Waals surface area contributed by atoms with Crippen molar-refractivity contribution in [1.82, 2.24) is 10.2 Å². The first-order valence-electron chi connectivity index (χ1n) is 7.94. The van der Waals surface area contributed by atoms with Crippen LogP contribution in [-0.2, 0) is 16.1 Å². The summed E-state index contributed by atoms with van der Waals surface area (Å²) < 4.78 is 68.8. The van der Waals surface area contributed by atoms with Gasteiger partial charge in [0.1, 0.15) is 5.75 Å². The van der Waals surface area contributed by atoms with E-state index in [1.807, 2.05) is 12.1 Å². The number of benzene rings is 1. The SMILES string of the molecule is COc1ccccc1CN1CCNCC1.O.O=C(O)C(F)(F)F.O=C(O)C(F)(F)F. The molecule has 1 aliphatic rings. The van der Waals surface area contributed by atoms with Crippen LogP contribution >= 0.6 is 0 Å². The molecule has 8 nitrogen and oxygen atoms in total. The number of piperazine rings is 1. The van der Waals surface area contributed by atoms with Crippen LogP contribution in [0, 0.1) is 0 Å². The molecular formula is C16H22F6N2O6. The fourth-order valence-electron chi connectivity index (χ4n) is 1.94. The molecule has 0 spiro atoms.